The molecule has 0 heterocycles. The lowest BCUT2D eigenvalue weighted by atomic mass is 9.66. The van der Waals surface area contributed by atoms with Crippen molar-refractivity contribution in [2.75, 3.05) is 0 Å². The summed E-state index contributed by atoms with van der Waals surface area (Å²) in [5.74, 6) is 0. The van der Waals surface area contributed by atoms with E-state index in [-0.39, 0.29) is 0 Å². The molecule has 1 aliphatic rings. The number of allylic oxidation sites excluding steroid dienone is 11. The van der Waals surface area contributed by atoms with E-state index in [9.17, 15) is 0 Å². The number of fused-ring (bicyclic) bond motifs is 3. The number of benzene rings is 2. The van der Waals surface area contributed by atoms with Gasteiger partial charge in [0.15, 0.2) is 0 Å². The van der Waals surface area contributed by atoms with Crippen LogP contribution >= 0.6 is 0 Å². The van der Waals surface area contributed by atoms with Gasteiger partial charge in [0, 0.05) is 0 Å². The lowest BCUT2D eigenvalue weighted by Crippen LogP contribution is -2.29. The number of hydrogen-bond acceptors (Lipinski definition) is 0. The molecule has 0 N–H and O–H groups in total. The summed E-state index contributed by atoms with van der Waals surface area (Å²) in [6.07, 6.45) is 18.1. The molecular formula is C28H26. The third kappa shape index (κ3) is 2.97. The van der Waals surface area contributed by atoms with Gasteiger partial charge in [-0.1, -0.05) is 123 Å². The molecular weight excluding hydrogens is 336 g/mol. The molecule has 0 aliphatic heterocycles. The maximum atomic E-state index is 3.98. The second-order valence-corrected chi connectivity index (χ2v) is 6.65. The van der Waals surface area contributed by atoms with Crippen molar-refractivity contribution in [3.63, 3.8) is 0 Å². The predicted octanol–water partition coefficient (Wildman–Crippen LogP) is 7.50. The fourth-order valence-corrected chi connectivity index (χ4v) is 4.24. The smallest absolute Gasteiger partial charge is 0.0713 e. The van der Waals surface area contributed by atoms with Crippen molar-refractivity contribution in [3.8, 4) is 11.1 Å². The fraction of sp³-hybridized carbons (Fsp3) is 0.0714. The van der Waals surface area contributed by atoms with Crippen LogP contribution in [0.4, 0.5) is 0 Å². The van der Waals surface area contributed by atoms with Gasteiger partial charge in [-0.15, -0.1) is 0 Å². The van der Waals surface area contributed by atoms with Crippen LogP contribution in [0.1, 0.15) is 18.1 Å². The first-order valence-corrected chi connectivity index (χ1v) is 9.53. The molecule has 0 bridgehead atoms. The quantitative estimate of drug-likeness (QED) is 0.447. The Kier molecular flexibility index (Phi) is 5.91. The largest absolute Gasteiger partial charge is 0.0991 e. The maximum absolute atomic E-state index is 3.98. The highest BCUT2D eigenvalue weighted by atomic mass is 14.5. The molecule has 0 saturated carbocycles. The van der Waals surface area contributed by atoms with Gasteiger partial charge in [0.25, 0.3) is 0 Å². The van der Waals surface area contributed by atoms with Crippen LogP contribution in [0.25, 0.3) is 11.1 Å². The zero-order chi connectivity index (χ0) is 20.0. The van der Waals surface area contributed by atoms with E-state index >= 15 is 0 Å². The summed E-state index contributed by atoms with van der Waals surface area (Å²) in [5, 5.41) is 0. The standard InChI is InChI=1S/C28H26/c1-5-9-17-23(16-8-4)28(22(14-6-2)15-7-3)26-20-12-10-18-24(26)25-19-11-13-21-27(25)28/h5-21H,1-2,4H2,3H3/b15-7-,17-9-,22-14+,23-16+. The lowest BCUT2D eigenvalue weighted by Gasteiger charge is -2.35. The van der Waals surface area contributed by atoms with Gasteiger partial charge in [-0.25, -0.2) is 0 Å². The molecule has 0 unspecified atom stereocenters. The van der Waals surface area contributed by atoms with Gasteiger partial charge in [-0.3, -0.25) is 0 Å². The highest BCUT2D eigenvalue weighted by Gasteiger charge is 2.46. The zero-order valence-electron chi connectivity index (χ0n) is 16.4. The maximum Gasteiger partial charge on any atom is 0.0713 e. The highest BCUT2D eigenvalue weighted by molar-refractivity contribution is 5.87. The molecule has 0 fully saturated rings. The van der Waals surface area contributed by atoms with Crippen LogP contribution in [0.2, 0.25) is 0 Å². The third-order valence-electron chi connectivity index (χ3n) is 5.17. The van der Waals surface area contributed by atoms with Crippen molar-refractivity contribution in [1.82, 2.24) is 0 Å². The van der Waals surface area contributed by atoms with Crippen molar-refractivity contribution in [1.29, 1.82) is 0 Å². The van der Waals surface area contributed by atoms with E-state index < -0.39 is 5.41 Å². The molecule has 0 heteroatoms. The van der Waals surface area contributed by atoms with Gasteiger partial charge in [-0.2, -0.15) is 0 Å². The van der Waals surface area contributed by atoms with Crippen LogP contribution in [-0.4, -0.2) is 0 Å². The molecule has 3 rings (SSSR count). The molecule has 1 aliphatic carbocycles. The van der Waals surface area contributed by atoms with E-state index in [1.807, 2.05) is 31.2 Å². The molecule has 2 aromatic carbocycles. The molecule has 0 radical (unpaired) electrons. The Balaban J connectivity index is 2.54. The Morgan fingerprint density at radius 2 is 1.21 bits per heavy atom. The van der Waals surface area contributed by atoms with Crippen LogP contribution in [0.3, 0.4) is 0 Å². The van der Waals surface area contributed by atoms with Gasteiger partial charge >= 0.3 is 0 Å². The fourth-order valence-electron chi connectivity index (χ4n) is 4.24. The summed E-state index contributed by atoms with van der Waals surface area (Å²) in [6.45, 7) is 13.9. The SMILES string of the molecule is C=C/C=C\C(=C/C=C)C1(C(/C=C\C)=C/C=C)c2ccccc2-c2ccccc21. The van der Waals surface area contributed by atoms with E-state index in [1.165, 1.54) is 27.8 Å². The summed E-state index contributed by atoms with van der Waals surface area (Å²) >= 11 is 0. The Labute approximate surface area is 168 Å². The zero-order valence-corrected chi connectivity index (χ0v) is 16.4. The van der Waals surface area contributed by atoms with Crippen LogP contribution in [-0.2, 0) is 5.41 Å². The molecule has 0 nitrogen and oxygen atoms in total. The van der Waals surface area contributed by atoms with Crippen molar-refractivity contribution >= 4 is 0 Å². The number of hydrogen-bond donors (Lipinski definition) is 0. The Morgan fingerprint density at radius 3 is 1.68 bits per heavy atom. The minimum Gasteiger partial charge on any atom is -0.0991 e. The Hall–Kier alpha value is -3.38. The first kappa shape index (κ1) is 19.4. The minimum atomic E-state index is -0.443. The highest BCUT2D eigenvalue weighted by Crippen LogP contribution is 2.57. The van der Waals surface area contributed by atoms with Crippen LogP contribution in [0.5, 0.6) is 0 Å². The van der Waals surface area contributed by atoms with E-state index in [0.29, 0.717) is 0 Å². The summed E-state index contributed by atoms with van der Waals surface area (Å²) in [5.41, 5.74) is 6.93. The Bertz CT molecular complexity index is 976. The number of rotatable bonds is 7. The Morgan fingerprint density at radius 1 is 0.714 bits per heavy atom. The molecule has 28 heavy (non-hydrogen) atoms. The molecule has 0 spiro atoms. The molecule has 0 aromatic heterocycles. The average molecular weight is 363 g/mol. The molecule has 0 amide bonds. The van der Waals surface area contributed by atoms with Gasteiger partial charge < -0.3 is 0 Å². The predicted molar refractivity (Wildman–Crippen MR) is 123 cm³/mol. The van der Waals surface area contributed by atoms with Crippen LogP contribution in [0, 0.1) is 0 Å². The van der Waals surface area contributed by atoms with E-state index in [4.69, 9.17) is 0 Å². The third-order valence-corrected chi connectivity index (χ3v) is 5.17. The van der Waals surface area contributed by atoms with E-state index in [0.717, 1.165) is 5.57 Å². The van der Waals surface area contributed by atoms with E-state index in [1.54, 1.807) is 0 Å². The van der Waals surface area contributed by atoms with Gasteiger partial charge in [-0.05, 0) is 40.3 Å². The van der Waals surface area contributed by atoms with Gasteiger partial charge in [0.2, 0.25) is 0 Å². The van der Waals surface area contributed by atoms with Crippen LogP contribution < -0.4 is 0 Å². The lowest BCUT2D eigenvalue weighted by molar-refractivity contribution is 0.765. The molecule has 138 valence electrons. The molecule has 0 atom stereocenters. The topological polar surface area (TPSA) is 0 Å². The summed E-state index contributed by atoms with van der Waals surface area (Å²) in [4.78, 5) is 0. The van der Waals surface area contributed by atoms with Gasteiger partial charge in [0.05, 0.1) is 5.41 Å². The normalized spacial score (nSPS) is 15.5. The second-order valence-electron chi connectivity index (χ2n) is 6.65. The molecule has 2 aromatic rings. The summed E-state index contributed by atoms with van der Waals surface area (Å²) < 4.78 is 0. The van der Waals surface area contributed by atoms with Gasteiger partial charge in [0.1, 0.15) is 0 Å². The van der Waals surface area contributed by atoms with Crippen molar-refractivity contribution < 1.29 is 0 Å². The van der Waals surface area contributed by atoms with Crippen LogP contribution in [0.15, 0.2) is 134 Å². The minimum absolute atomic E-state index is 0.443. The summed E-state index contributed by atoms with van der Waals surface area (Å²) in [6, 6.07) is 17.3. The van der Waals surface area contributed by atoms with Crippen molar-refractivity contribution in [2.45, 2.75) is 12.3 Å². The summed E-state index contributed by atoms with van der Waals surface area (Å²) in [7, 11) is 0. The van der Waals surface area contributed by atoms with E-state index in [2.05, 4.69) is 98.6 Å². The second kappa shape index (κ2) is 8.54. The first-order chi connectivity index (χ1) is 13.7. The van der Waals surface area contributed by atoms with Crippen molar-refractivity contribution in [2.24, 2.45) is 0 Å². The molecule has 0 saturated heterocycles. The van der Waals surface area contributed by atoms with Crippen molar-refractivity contribution in [3.05, 3.63) is 145 Å². The monoisotopic (exact) mass is 362 g/mol. The average Bonchev–Trinajstić information content (AvgIpc) is 3.02. The first-order valence-electron chi connectivity index (χ1n) is 9.53.